The minimum absolute atomic E-state index is 0.00363. The molecule has 0 saturated heterocycles. The zero-order chi connectivity index (χ0) is 13.0. The molecule has 1 aromatic rings. The molecule has 3 nitrogen and oxygen atoms in total. The van der Waals surface area contributed by atoms with Gasteiger partial charge < -0.3 is 4.74 Å². The highest BCUT2D eigenvalue weighted by Crippen LogP contribution is 2.30. The van der Waals surface area contributed by atoms with E-state index in [1.54, 1.807) is 19.1 Å². The fourth-order valence-corrected chi connectivity index (χ4v) is 3.03. The van der Waals surface area contributed by atoms with E-state index in [-0.39, 0.29) is 16.6 Å². The summed E-state index contributed by atoms with van der Waals surface area (Å²) in [4.78, 5) is 22.6. The maximum absolute atomic E-state index is 11.7. The van der Waals surface area contributed by atoms with Crippen molar-refractivity contribution in [3.63, 3.8) is 0 Å². The van der Waals surface area contributed by atoms with Crippen molar-refractivity contribution >= 4 is 50.3 Å². The second-order valence-electron chi connectivity index (χ2n) is 3.40. The van der Waals surface area contributed by atoms with Crippen molar-refractivity contribution in [3.8, 4) is 0 Å². The molecule has 0 aliphatic rings. The minimum atomic E-state index is -0.385. The molecule has 92 valence electrons. The molecule has 0 amide bonds. The first-order valence-corrected chi connectivity index (χ1v) is 7.08. The molecule has 0 aromatic heterocycles. The molecule has 0 N–H and O–H groups in total. The van der Waals surface area contributed by atoms with Crippen LogP contribution < -0.4 is 0 Å². The predicted molar refractivity (Wildman–Crippen MR) is 77.5 cm³/mol. The molecule has 17 heavy (non-hydrogen) atoms. The molecule has 0 bridgehead atoms. The number of carbonyl (C=O) groups is 2. The number of rotatable bonds is 4. The molecule has 1 unspecified atom stereocenters. The monoisotopic (exact) mass is 410 g/mol. The van der Waals surface area contributed by atoms with Crippen LogP contribution in [0.1, 0.15) is 34.6 Å². The minimum Gasteiger partial charge on any atom is -0.462 e. The molecule has 1 atom stereocenters. The average Bonchev–Trinajstić information content (AvgIpc) is 2.28. The van der Waals surface area contributed by atoms with Crippen LogP contribution in [0.3, 0.4) is 0 Å². The molecule has 0 radical (unpaired) electrons. The highest BCUT2D eigenvalue weighted by molar-refractivity contribution is 14.1. The molecule has 1 rings (SSSR count). The molecular weight excluding hydrogens is 399 g/mol. The Bertz CT molecular complexity index is 445. The summed E-state index contributed by atoms with van der Waals surface area (Å²) in [6, 6.07) is 5.27. The lowest BCUT2D eigenvalue weighted by molar-refractivity contribution is -0.116. The Balaban J connectivity index is 3.15. The van der Waals surface area contributed by atoms with Gasteiger partial charge in [0, 0.05) is 3.57 Å². The molecule has 1 aromatic carbocycles. The van der Waals surface area contributed by atoms with Crippen LogP contribution in [-0.4, -0.2) is 18.4 Å². The Hall–Kier alpha value is -0.430. The molecule has 0 spiro atoms. The number of carbonyl (C=O) groups excluding carboxylic acids is 2. The second kappa shape index (κ2) is 6.49. The number of alkyl halides is 1. The number of ether oxygens (including phenoxy) is 1. The van der Waals surface area contributed by atoms with E-state index in [0.29, 0.717) is 12.2 Å². The summed E-state index contributed by atoms with van der Waals surface area (Å²) in [5.41, 5.74) is 1.29. The number of halogens is 2. The largest absolute Gasteiger partial charge is 0.462 e. The maximum Gasteiger partial charge on any atom is 0.339 e. The second-order valence-corrected chi connectivity index (χ2v) is 5.40. The summed E-state index contributed by atoms with van der Waals surface area (Å²) >= 11 is 5.38. The third-order valence-electron chi connectivity index (χ3n) is 2.15. The predicted octanol–water partition coefficient (Wildman–Crippen LogP) is 3.49. The number of benzene rings is 1. The highest BCUT2D eigenvalue weighted by Gasteiger charge is 2.20. The Morgan fingerprint density at radius 1 is 1.47 bits per heavy atom. The van der Waals surface area contributed by atoms with Gasteiger partial charge in [-0.25, -0.2) is 4.79 Å². The number of esters is 1. The van der Waals surface area contributed by atoms with Crippen molar-refractivity contribution in [2.24, 2.45) is 0 Å². The summed E-state index contributed by atoms with van der Waals surface area (Å²) in [5.74, 6) is -0.356. The van der Waals surface area contributed by atoms with Crippen LogP contribution in [-0.2, 0) is 9.53 Å². The van der Waals surface area contributed by atoms with Crippen LogP contribution in [0.2, 0.25) is 0 Å². The van der Waals surface area contributed by atoms with Crippen LogP contribution in [0, 0.1) is 3.57 Å². The van der Waals surface area contributed by atoms with Crippen LogP contribution in [0.25, 0.3) is 0 Å². The van der Waals surface area contributed by atoms with Gasteiger partial charge in [-0.3, -0.25) is 4.79 Å². The van der Waals surface area contributed by atoms with Gasteiger partial charge >= 0.3 is 5.97 Å². The smallest absolute Gasteiger partial charge is 0.339 e. The third kappa shape index (κ3) is 3.51. The van der Waals surface area contributed by atoms with Crippen LogP contribution in [0.15, 0.2) is 18.2 Å². The molecule has 0 heterocycles. The van der Waals surface area contributed by atoms with Crippen molar-refractivity contribution in [2.75, 3.05) is 6.61 Å². The number of ketones is 1. The highest BCUT2D eigenvalue weighted by atomic mass is 127. The van der Waals surface area contributed by atoms with E-state index < -0.39 is 0 Å². The van der Waals surface area contributed by atoms with Crippen molar-refractivity contribution in [3.05, 3.63) is 32.9 Å². The normalized spacial score (nSPS) is 12.0. The number of hydrogen-bond acceptors (Lipinski definition) is 3. The molecule has 0 saturated carbocycles. The third-order valence-corrected chi connectivity index (χ3v) is 4.50. The molecule has 0 aliphatic heterocycles. The maximum atomic E-state index is 11.7. The average molecular weight is 411 g/mol. The quantitative estimate of drug-likeness (QED) is 0.433. The first kappa shape index (κ1) is 14.6. The lowest BCUT2D eigenvalue weighted by atomic mass is 10.1. The van der Waals surface area contributed by atoms with Crippen LogP contribution in [0.4, 0.5) is 0 Å². The molecular formula is C12H12BrIO3. The lowest BCUT2D eigenvalue weighted by Gasteiger charge is -2.12. The van der Waals surface area contributed by atoms with Gasteiger partial charge in [-0.1, -0.05) is 28.1 Å². The van der Waals surface area contributed by atoms with Gasteiger partial charge in [0.15, 0.2) is 0 Å². The Kier molecular flexibility index (Phi) is 5.58. The molecule has 0 fully saturated rings. The first-order valence-electron chi connectivity index (χ1n) is 5.09. The van der Waals surface area contributed by atoms with Gasteiger partial charge in [0.1, 0.15) is 5.78 Å². The van der Waals surface area contributed by atoms with Gasteiger partial charge in [0.25, 0.3) is 0 Å². The van der Waals surface area contributed by atoms with Gasteiger partial charge in [-0.2, -0.15) is 0 Å². The zero-order valence-corrected chi connectivity index (χ0v) is 13.2. The topological polar surface area (TPSA) is 43.4 Å². The van der Waals surface area contributed by atoms with E-state index in [0.717, 1.165) is 9.13 Å². The van der Waals surface area contributed by atoms with Gasteiger partial charge in [0.05, 0.1) is 17.0 Å². The van der Waals surface area contributed by atoms with E-state index >= 15 is 0 Å². The number of hydrogen-bond donors (Lipinski definition) is 0. The Morgan fingerprint density at radius 2 is 2.12 bits per heavy atom. The van der Waals surface area contributed by atoms with E-state index in [4.69, 9.17) is 4.74 Å². The number of Topliss-reactive ketones (excluding diaryl/α,β-unsaturated/α-hetero) is 1. The standard InChI is InChI=1S/C12H12BrIO3/c1-3-17-12(16)9-6-4-5-8(11(9)14)10(13)7(2)15/h4-6,10H,3H2,1-2H3. The van der Waals surface area contributed by atoms with E-state index in [1.807, 2.05) is 6.07 Å². The van der Waals surface area contributed by atoms with Crippen molar-refractivity contribution < 1.29 is 14.3 Å². The van der Waals surface area contributed by atoms with Gasteiger partial charge in [-0.15, -0.1) is 0 Å². The van der Waals surface area contributed by atoms with E-state index in [2.05, 4.69) is 38.5 Å². The SMILES string of the molecule is CCOC(=O)c1cccc(C(Br)C(C)=O)c1I. The Morgan fingerprint density at radius 3 is 2.65 bits per heavy atom. The van der Waals surface area contributed by atoms with E-state index in [1.165, 1.54) is 6.92 Å². The fourth-order valence-electron chi connectivity index (χ4n) is 1.33. The molecule has 5 heteroatoms. The van der Waals surface area contributed by atoms with Crippen molar-refractivity contribution in [2.45, 2.75) is 18.7 Å². The summed E-state index contributed by atoms with van der Waals surface area (Å²) in [6.45, 7) is 3.60. The summed E-state index contributed by atoms with van der Waals surface area (Å²) in [7, 11) is 0. The van der Waals surface area contributed by atoms with Crippen molar-refractivity contribution in [1.29, 1.82) is 0 Å². The van der Waals surface area contributed by atoms with Crippen LogP contribution >= 0.6 is 38.5 Å². The summed E-state index contributed by atoms with van der Waals surface area (Å²) in [5, 5.41) is 0. The summed E-state index contributed by atoms with van der Waals surface area (Å²) in [6.07, 6.45) is 0. The summed E-state index contributed by atoms with van der Waals surface area (Å²) < 4.78 is 5.71. The first-order chi connectivity index (χ1) is 7.99. The van der Waals surface area contributed by atoms with Crippen LogP contribution in [0.5, 0.6) is 0 Å². The zero-order valence-electron chi connectivity index (χ0n) is 9.50. The van der Waals surface area contributed by atoms with Gasteiger partial charge in [-0.05, 0) is 48.1 Å². The Labute approximate surface area is 122 Å². The molecule has 0 aliphatic carbocycles. The lowest BCUT2D eigenvalue weighted by Crippen LogP contribution is -2.10. The van der Waals surface area contributed by atoms with Crippen molar-refractivity contribution in [1.82, 2.24) is 0 Å². The van der Waals surface area contributed by atoms with E-state index in [9.17, 15) is 9.59 Å². The fraction of sp³-hybridized carbons (Fsp3) is 0.333. The van der Waals surface area contributed by atoms with Gasteiger partial charge in [0.2, 0.25) is 0 Å².